The van der Waals surface area contributed by atoms with Gasteiger partial charge in [0, 0.05) is 19.3 Å². The summed E-state index contributed by atoms with van der Waals surface area (Å²) in [5.41, 5.74) is 6.80. The maximum absolute atomic E-state index is 11.3. The minimum atomic E-state index is -0.388. The fraction of sp³-hybridized carbons (Fsp3) is 0.417. The first-order valence-electron chi connectivity index (χ1n) is 5.39. The lowest BCUT2D eigenvalue weighted by Gasteiger charge is -2.26. The van der Waals surface area contributed by atoms with Gasteiger partial charge in [0.1, 0.15) is 0 Å². The number of ether oxygens (including phenoxy) is 1. The molecule has 1 fully saturated rings. The van der Waals surface area contributed by atoms with E-state index in [2.05, 4.69) is 4.90 Å². The standard InChI is InChI=1S/C12H16N2O2/c1-14(9-6-7-16-8-9)11-5-3-2-4-10(11)12(13)15/h2-5,9H,6-8H2,1H3,(H2,13,15)/t9-/m1/s1. The Kier molecular flexibility index (Phi) is 3.10. The van der Waals surface area contributed by atoms with Gasteiger partial charge in [-0.25, -0.2) is 0 Å². The lowest BCUT2D eigenvalue weighted by atomic mass is 10.1. The molecule has 0 saturated carbocycles. The van der Waals surface area contributed by atoms with Gasteiger partial charge in [-0.15, -0.1) is 0 Å². The van der Waals surface area contributed by atoms with Crippen molar-refractivity contribution in [3.8, 4) is 0 Å². The van der Waals surface area contributed by atoms with Gasteiger partial charge in [-0.05, 0) is 18.6 Å². The van der Waals surface area contributed by atoms with Crippen molar-refractivity contribution >= 4 is 11.6 Å². The Bertz CT molecular complexity index is 386. The Morgan fingerprint density at radius 2 is 2.25 bits per heavy atom. The molecule has 4 nitrogen and oxygen atoms in total. The molecule has 1 amide bonds. The highest BCUT2D eigenvalue weighted by molar-refractivity contribution is 5.98. The Hall–Kier alpha value is -1.55. The summed E-state index contributed by atoms with van der Waals surface area (Å²) in [4.78, 5) is 13.4. The van der Waals surface area contributed by atoms with Crippen molar-refractivity contribution in [2.75, 3.05) is 25.2 Å². The van der Waals surface area contributed by atoms with E-state index in [-0.39, 0.29) is 5.91 Å². The number of hydrogen-bond acceptors (Lipinski definition) is 3. The smallest absolute Gasteiger partial charge is 0.250 e. The van der Waals surface area contributed by atoms with E-state index in [0.29, 0.717) is 18.2 Å². The molecule has 1 saturated heterocycles. The number of likely N-dealkylation sites (N-methyl/N-ethyl adjacent to an activating group) is 1. The molecule has 1 heterocycles. The van der Waals surface area contributed by atoms with Crippen LogP contribution in [0.1, 0.15) is 16.8 Å². The van der Waals surface area contributed by atoms with Crippen LogP contribution in [0.5, 0.6) is 0 Å². The number of rotatable bonds is 3. The van der Waals surface area contributed by atoms with Crippen LogP contribution in [-0.2, 0) is 4.74 Å². The molecule has 0 spiro atoms. The Morgan fingerprint density at radius 3 is 2.88 bits per heavy atom. The topological polar surface area (TPSA) is 55.6 Å². The zero-order valence-corrected chi connectivity index (χ0v) is 9.35. The molecule has 4 heteroatoms. The summed E-state index contributed by atoms with van der Waals surface area (Å²) in [6.07, 6.45) is 0.990. The van der Waals surface area contributed by atoms with Gasteiger partial charge in [0.15, 0.2) is 0 Å². The summed E-state index contributed by atoms with van der Waals surface area (Å²) in [7, 11) is 1.97. The third-order valence-electron chi connectivity index (χ3n) is 3.00. The number of nitrogens with two attached hydrogens (primary N) is 1. The molecule has 86 valence electrons. The number of para-hydroxylation sites is 1. The Morgan fingerprint density at radius 1 is 1.50 bits per heavy atom. The minimum absolute atomic E-state index is 0.334. The molecule has 2 rings (SSSR count). The number of primary amides is 1. The third kappa shape index (κ3) is 2.02. The largest absolute Gasteiger partial charge is 0.379 e. The van der Waals surface area contributed by atoms with E-state index in [4.69, 9.17) is 10.5 Å². The van der Waals surface area contributed by atoms with Crippen molar-refractivity contribution in [1.82, 2.24) is 0 Å². The van der Waals surface area contributed by atoms with Gasteiger partial charge >= 0.3 is 0 Å². The molecular weight excluding hydrogens is 204 g/mol. The summed E-state index contributed by atoms with van der Waals surface area (Å²) in [5, 5.41) is 0. The zero-order chi connectivity index (χ0) is 11.5. The normalized spacial score (nSPS) is 19.7. The van der Waals surface area contributed by atoms with Crippen LogP contribution < -0.4 is 10.6 Å². The number of carbonyl (C=O) groups excluding carboxylic acids is 1. The minimum Gasteiger partial charge on any atom is -0.379 e. The fourth-order valence-corrected chi connectivity index (χ4v) is 2.01. The number of nitrogens with zero attached hydrogens (tertiary/aromatic N) is 1. The summed E-state index contributed by atoms with van der Waals surface area (Å²) in [6.45, 7) is 1.50. The fourth-order valence-electron chi connectivity index (χ4n) is 2.01. The highest BCUT2D eigenvalue weighted by Gasteiger charge is 2.22. The molecule has 1 aromatic rings. The van der Waals surface area contributed by atoms with Crippen molar-refractivity contribution in [3.63, 3.8) is 0 Å². The van der Waals surface area contributed by atoms with E-state index in [0.717, 1.165) is 18.7 Å². The molecule has 0 aliphatic carbocycles. The van der Waals surface area contributed by atoms with E-state index >= 15 is 0 Å². The highest BCUT2D eigenvalue weighted by atomic mass is 16.5. The van der Waals surface area contributed by atoms with Crippen LogP contribution in [0.4, 0.5) is 5.69 Å². The number of benzene rings is 1. The molecule has 16 heavy (non-hydrogen) atoms. The van der Waals surface area contributed by atoms with Crippen molar-refractivity contribution in [1.29, 1.82) is 0 Å². The molecule has 0 aromatic heterocycles. The summed E-state index contributed by atoms with van der Waals surface area (Å²) < 4.78 is 5.34. The lowest BCUT2D eigenvalue weighted by molar-refractivity contribution is 0.100. The Balaban J connectivity index is 2.27. The monoisotopic (exact) mass is 220 g/mol. The first-order chi connectivity index (χ1) is 7.70. The molecule has 1 atom stereocenters. The quantitative estimate of drug-likeness (QED) is 0.827. The molecule has 0 radical (unpaired) electrons. The summed E-state index contributed by atoms with van der Waals surface area (Å²) in [5.74, 6) is -0.388. The predicted molar refractivity (Wildman–Crippen MR) is 62.6 cm³/mol. The maximum atomic E-state index is 11.3. The van der Waals surface area contributed by atoms with Crippen LogP contribution in [0.3, 0.4) is 0 Å². The van der Waals surface area contributed by atoms with Crippen molar-refractivity contribution in [3.05, 3.63) is 29.8 Å². The molecule has 2 N–H and O–H groups in total. The molecular formula is C12H16N2O2. The van der Waals surface area contributed by atoms with Gasteiger partial charge in [-0.1, -0.05) is 12.1 Å². The number of hydrogen-bond donors (Lipinski definition) is 1. The van der Waals surface area contributed by atoms with Crippen LogP contribution >= 0.6 is 0 Å². The van der Waals surface area contributed by atoms with Crippen molar-refractivity contribution in [2.24, 2.45) is 5.73 Å². The van der Waals surface area contributed by atoms with Gasteiger partial charge in [0.25, 0.3) is 5.91 Å². The Labute approximate surface area is 95.0 Å². The number of anilines is 1. The van der Waals surface area contributed by atoms with Crippen molar-refractivity contribution in [2.45, 2.75) is 12.5 Å². The first-order valence-corrected chi connectivity index (χ1v) is 5.39. The molecule has 0 bridgehead atoms. The van der Waals surface area contributed by atoms with E-state index in [1.165, 1.54) is 0 Å². The van der Waals surface area contributed by atoms with Gasteiger partial charge in [0.05, 0.1) is 18.2 Å². The number of amides is 1. The van der Waals surface area contributed by atoms with E-state index in [1.54, 1.807) is 6.07 Å². The maximum Gasteiger partial charge on any atom is 0.250 e. The average Bonchev–Trinajstić information content (AvgIpc) is 2.81. The first kappa shape index (κ1) is 11.0. The van der Waals surface area contributed by atoms with Crippen LogP contribution in [0.2, 0.25) is 0 Å². The SMILES string of the molecule is CN(c1ccccc1C(N)=O)[C@@H]1CCOC1. The zero-order valence-electron chi connectivity index (χ0n) is 9.35. The van der Waals surface area contributed by atoms with Crippen LogP contribution in [0.25, 0.3) is 0 Å². The molecule has 1 aliphatic rings. The van der Waals surface area contributed by atoms with Crippen LogP contribution in [0.15, 0.2) is 24.3 Å². The van der Waals surface area contributed by atoms with Gasteiger partial charge in [0.2, 0.25) is 0 Å². The summed E-state index contributed by atoms with van der Waals surface area (Å²) >= 11 is 0. The van der Waals surface area contributed by atoms with Crippen LogP contribution in [-0.4, -0.2) is 32.2 Å². The highest BCUT2D eigenvalue weighted by Crippen LogP contribution is 2.23. The molecule has 0 unspecified atom stereocenters. The van der Waals surface area contributed by atoms with Gasteiger partial charge in [-0.3, -0.25) is 4.79 Å². The molecule has 1 aromatic carbocycles. The number of carbonyl (C=O) groups is 1. The van der Waals surface area contributed by atoms with Gasteiger partial charge in [-0.2, -0.15) is 0 Å². The van der Waals surface area contributed by atoms with Gasteiger partial charge < -0.3 is 15.4 Å². The average molecular weight is 220 g/mol. The van der Waals surface area contributed by atoms with Crippen molar-refractivity contribution < 1.29 is 9.53 Å². The van der Waals surface area contributed by atoms with E-state index in [1.807, 2.05) is 25.2 Å². The van der Waals surface area contributed by atoms with E-state index in [9.17, 15) is 4.79 Å². The molecule has 1 aliphatic heterocycles. The lowest BCUT2D eigenvalue weighted by Crippen LogP contribution is -2.33. The summed E-state index contributed by atoms with van der Waals surface area (Å²) in [6, 6.07) is 7.74. The third-order valence-corrected chi connectivity index (χ3v) is 3.00. The second-order valence-electron chi connectivity index (χ2n) is 4.01. The van der Waals surface area contributed by atoms with E-state index < -0.39 is 0 Å². The second kappa shape index (κ2) is 4.53. The van der Waals surface area contributed by atoms with Crippen LogP contribution in [0, 0.1) is 0 Å². The predicted octanol–water partition coefficient (Wildman–Crippen LogP) is 1.01. The second-order valence-corrected chi connectivity index (χ2v) is 4.01.